The maximum Gasteiger partial charge on any atom is 0.421 e. The highest BCUT2D eigenvalue weighted by molar-refractivity contribution is 5.59. The fraction of sp³-hybridized carbons (Fsp3) is 0.556. The first-order chi connectivity index (χ1) is 13.0. The minimum absolute atomic E-state index is 0.00711. The quantitative estimate of drug-likeness (QED) is 0.794. The second-order valence-corrected chi connectivity index (χ2v) is 8.12. The smallest absolute Gasteiger partial charge is 0.364 e. The molecule has 7 nitrogen and oxygen atoms in total. The fourth-order valence-electron chi connectivity index (χ4n) is 3.08. The van der Waals surface area contributed by atoms with Gasteiger partial charge in [-0.3, -0.25) is 4.68 Å². The lowest BCUT2D eigenvalue weighted by Gasteiger charge is -2.18. The van der Waals surface area contributed by atoms with E-state index in [0.29, 0.717) is 17.8 Å². The van der Waals surface area contributed by atoms with Crippen molar-refractivity contribution in [3.8, 4) is 6.07 Å². The largest absolute Gasteiger partial charge is 0.421 e. The molecular formula is C18H20F3N7. The lowest BCUT2D eigenvalue weighted by Crippen LogP contribution is -2.21. The van der Waals surface area contributed by atoms with Gasteiger partial charge in [0, 0.05) is 17.9 Å². The van der Waals surface area contributed by atoms with Crippen LogP contribution in [0.3, 0.4) is 0 Å². The van der Waals surface area contributed by atoms with Crippen LogP contribution in [0.2, 0.25) is 0 Å². The Labute approximate surface area is 160 Å². The molecule has 1 unspecified atom stereocenters. The van der Waals surface area contributed by atoms with Crippen LogP contribution in [0, 0.1) is 23.7 Å². The van der Waals surface area contributed by atoms with Gasteiger partial charge in [-0.2, -0.15) is 28.5 Å². The molecule has 0 spiro atoms. The zero-order valence-electron chi connectivity index (χ0n) is 15.7. The van der Waals surface area contributed by atoms with E-state index in [4.69, 9.17) is 0 Å². The van der Waals surface area contributed by atoms with Crippen LogP contribution >= 0.6 is 0 Å². The van der Waals surface area contributed by atoms with Gasteiger partial charge in [-0.15, -0.1) is 0 Å². The van der Waals surface area contributed by atoms with Crippen LogP contribution in [0.15, 0.2) is 12.4 Å². The van der Waals surface area contributed by atoms with Gasteiger partial charge in [0.05, 0.1) is 28.9 Å². The molecule has 10 heteroatoms. The molecule has 2 aromatic rings. The van der Waals surface area contributed by atoms with Crippen molar-refractivity contribution in [1.29, 1.82) is 5.26 Å². The molecule has 0 aromatic carbocycles. The van der Waals surface area contributed by atoms with Crippen molar-refractivity contribution in [1.82, 2.24) is 19.7 Å². The van der Waals surface area contributed by atoms with Crippen LogP contribution in [0.5, 0.6) is 0 Å². The van der Waals surface area contributed by atoms with Crippen LogP contribution in [0.1, 0.15) is 50.4 Å². The fourth-order valence-corrected chi connectivity index (χ4v) is 3.08. The third-order valence-corrected chi connectivity index (χ3v) is 5.44. The predicted octanol–water partition coefficient (Wildman–Crippen LogP) is 4.18. The summed E-state index contributed by atoms with van der Waals surface area (Å²) in [4.78, 5) is 7.91. The maximum atomic E-state index is 13.3. The molecule has 0 saturated heterocycles. The van der Waals surface area contributed by atoms with Gasteiger partial charge in [0.2, 0.25) is 5.95 Å². The summed E-state index contributed by atoms with van der Waals surface area (Å²) in [6, 6.07) is 2.27. The van der Waals surface area contributed by atoms with Gasteiger partial charge in [0.1, 0.15) is 11.4 Å². The van der Waals surface area contributed by atoms with Crippen molar-refractivity contribution < 1.29 is 13.2 Å². The van der Waals surface area contributed by atoms with E-state index in [1.807, 2.05) is 13.8 Å². The number of anilines is 3. The average molecular weight is 391 g/mol. The molecule has 2 aromatic heterocycles. The molecular weight excluding hydrogens is 371 g/mol. The van der Waals surface area contributed by atoms with Crippen LogP contribution in [0.25, 0.3) is 0 Å². The molecule has 2 atom stereocenters. The van der Waals surface area contributed by atoms with Gasteiger partial charge in [0.25, 0.3) is 0 Å². The highest BCUT2D eigenvalue weighted by Crippen LogP contribution is 2.55. The molecule has 148 valence electrons. The minimum atomic E-state index is -4.54. The Bertz CT molecular complexity index is 971. The summed E-state index contributed by atoms with van der Waals surface area (Å²) >= 11 is 0. The summed E-state index contributed by atoms with van der Waals surface area (Å²) in [7, 11) is 0. The Balaban J connectivity index is 1.59. The van der Waals surface area contributed by atoms with Crippen molar-refractivity contribution >= 4 is 17.5 Å². The number of rotatable bonds is 5. The predicted molar refractivity (Wildman–Crippen MR) is 95.9 cm³/mol. The van der Waals surface area contributed by atoms with E-state index in [0.717, 1.165) is 19.0 Å². The van der Waals surface area contributed by atoms with Crippen LogP contribution < -0.4 is 10.6 Å². The molecule has 2 aliphatic rings. The standard InChI is InChI=1S/C18H20F3N7/c1-10-12(8-28(27-10)13-6-16(13,2)9-22)24-15-23-7-11(18(19,20)21)14(25-15)26-17(3)4-5-17/h7-8,13H,4-6H2,1-3H3,(H2,23,24,25,26)/t13-,16?/m1/s1. The van der Waals surface area contributed by atoms with Crippen molar-refractivity contribution in [2.75, 3.05) is 10.6 Å². The summed E-state index contributed by atoms with van der Waals surface area (Å²) in [6.45, 7) is 5.51. The zero-order chi connectivity index (χ0) is 20.3. The Kier molecular flexibility index (Phi) is 3.86. The first kappa shape index (κ1) is 18.5. The number of nitrogens with zero attached hydrogens (tertiary/aromatic N) is 5. The summed E-state index contributed by atoms with van der Waals surface area (Å²) in [5.74, 6) is -0.171. The third-order valence-electron chi connectivity index (χ3n) is 5.44. The monoisotopic (exact) mass is 391 g/mol. The first-order valence-electron chi connectivity index (χ1n) is 8.99. The summed E-state index contributed by atoms with van der Waals surface area (Å²) in [5.41, 5.74) is -0.436. The Hall–Kier alpha value is -2.83. The number of aromatic nitrogens is 4. The molecule has 2 heterocycles. The average Bonchev–Trinajstić information content (AvgIpc) is 3.47. The molecule has 0 amide bonds. The molecule has 2 fully saturated rings. The van der Waals surface area contributed by atoms with Gasteiger partial charge < -0.3 is 10.6 Å². The highest BCUT2D eigenvalue weighted by Gasteiger charge is 2.53. The normalized spacial score (nSPS) is 25.1. The number of hydrogen-bond donors (Lipinski definition) is 2. The van der Waals surface area contributed by atoms with Gasteiger partial charge in [-0.25, -0.2) is 4.98 Å². The van der Waals surface area contributed by atoms with E-state index in [-0.39, 0.29) is 23.3 Å². The van der Waals surface area contributed by atoms with Gasteiger partial charge >= 0.3 is 6.18 Å². The number of halogens is 3. The summed E-state index contributed by atoms with van der Waals surface area (Å²) < 4.78 is 41.6. The first-order valence-corrected chi connectivity index (χ1v) is 8.99. The summed E-state index contributed by atoms with van der Waals surface area (Å²) in [6.07, 6.45) is 0.286. The van der Waals surface area contributed by atoms with Crippen molar-refractivity contribution in [3.63, 3.8) is 0 Å². The molecule has 0 bridgehead atoms. The molecule has 0 radical (unpaired) electrons. The van der Waals surface area contributed by atoms with Crippen LogP contribution in [-0.4, -0.2) is 25.3 Å². The van der Waals surface area contributed by atoms with Crippen molar-refractivity contribution in [2.24, 2.45) is 5.41 Å². The van der Waals surface area contributed by atoms with Crippen LogP contribution in [-0.2, 0) is 6.18 Å². The van der Waals surface area contributed by atoms with Crippen molar-refractivity contribution in [2.45, 2.75) is 57.8 Å². The summed E-state index contributed by atoms with van der Waals surface area (Å²) in [5, 5.41) is 19.5. The van der Waals surface area contributed by atoms with E-state index in [2.05, 4.69) is 31.8 Å². The maximum absolute atomic E-state index is 13.3. The zero-order valence-corrected chi connectivity index (χ0v) is 15.7. The van der Waals surface area contributed by atoms with Gasteiger partial charge in [0.15, 0.2) is 0 Å². The number of nitriles is 1. The third kappa shape index (κ3) is 3.37. The lowest BCUT2D eigenvalue weighted by molar-refractivity contribution is -0.137. The molecule has 4 rings (SSSR count). The van der Waals surface area contributed by atoms with E-state index < -0.39 is 17.2 Å². The van der Waals surface area contributed by atoms with Gasteiger partial charge in [-0.1, -0.05) is 0 Å². The van der Waals surface area contributed by atoms with E-state index >= 15 is 0 Å². The molecule has 28 heavy (non-hydrogen) atoms. The lowest BCUT2D eigenvalue weighted by atomic mass is 10.2. The Morgan fingerprint density at radius 2 is 2.04 bits per heavy atom. The SMILES string of the molecule is Cc1nn([C@@H]2CC2(C)C#N)cc1Nc1ncc(C(F)(F)F)c(NC2(C)CC2)n1. The Morgan fingerprint density at radius 3 is 2.61 bits per heavy atom. The number of alkyl halides is 3. The van der Waals surface area contributed by atoms with Crippen molar-refractivity contribution in [3.05, 3.63) is 23.7 Å². The number of hydrogen-bond acceptors (Lipinski definition) is 6. The Morgan fingerprint density at radius 1 is 1.32 bits per heavy atom. The van der Waals surface area contributed by atoms with E-state index in [9.17, 15) is 18.4 Å². The second kappa shape index (κ2) is 5.83. The molecule has 2 N–H and O–H groups in total. The molecule has 0 aliphatic heterocycles. The molecule has 2 aliphatic carbocycles. The van der Waals surface area contributed by atoms with E-state index in [1.54, 1.807) is 17.8 Å². The minimum Gasteiger partial charge on any atom is -0.364 e. The topological polar surface area (TPSA) is 91.5 Å². The van der Waals surface area contributed by atoms with E-state index in [1.165, 1.54) is 0 Å². The second-order valence-electron chi connectivity index (χ2n) is 8.12. The number of nitrogens with one attached hydrogen (secondary N) is 2. The van der Waals surface area contributed by atoms with Crippen LogP contribution in [0.4, 0.5) is 30.6 Å². The highest BCUT2D eigenvalue weighted by atomic mass is 19.4. The molecule has 2 saturated carbocycles. The van der Waals surface area contributed by atoms with Gasteiger partial charge in [-0.05, 0) is 40.0 Å². The number of aryl methyl sites for hydroxylation is 1.